The lowest BCUT2D eigenvalue weighted by Crippen LogP contribution is -2.43. The number of nitrogens with two attached hydrogens (primary N) is 1. The average molecular weight is 271 g/mol. The van der Waals surface area contributed by atoms with Crippen LogP contribution in [0.4, 0.5) is 0 Å². The summed E-state index contributed by atoms with van der Waals surface area (Å²) in [5, 5.41) is 6.79. The molecule has 5 nitrogen and oxygen atoms in total. The van der Waals surface area contributed by atoms with Crippen LogP contribution in [0.3, 0.4) is 0 Å². The smallest absolute Gasteiger partial charge is 0.309 e. The first kappa shape index (κ1) is 13.6. The molecule has 7 heteroatoms. The van der Waals surface area contributed by atoms with Gasteiger partial charge < -0.3 is 16.4 Å². The molecule has 0 aromatic carbocycles. The Hall–Kier alpha value is -1.47. The Kier molecular flexibility index (Phi) is 5.58. The van der Waals surface area contributed by atoms with Crippen molar-refractivity contribution in [2.45, 2.75) is 6.42 Å². The molecule has 0 aliphatic heterocycles. The lowest BCUT2D eigenvalue weighted by Gasteiger charge is -2.04. The van der Waals surface area contributed by atoms with Crippen LogP contribution in [0.5, 0.6) is 0 Å². The highest BCUT2D eigenvalue weighted by atomic mass is 32.1. The molecule has 0 aliphatic rings. The number of thiophene rings is 1. The molecule has 4 N–H and O–H groups in total. The lowest BCUT2D eigenvalue weighted by atomic mass is 10.3. The van der Waals surface area contributed by atoms with Crippen molar-refractivity contribution in [3.05, 3.63) is 22.4 Å². The van der Waals surface area contributed by atoms with E-state index in [0.29, 0.717) is 13.0 Å². The molecular formula is C10H13N3O2S2. The van der Waals surface area contributed by atoms with Crippen molar-refractivity contribution in [3.63, 3.8) is 0 Å². The van der Waals surface area contributed by atoms with E-state index in [2.05, 4.69) is 22.9 Å². The summed E-state index contributed by atoms with van der Waals surface area (Å²) in [6.45, 7) is 0.465. The zero-order chi connectivity index (χ0) is 12.7. The summed E-state index contributed by atoms with van der Waals surface area (Å²) in [4.78, 5) is 23.8. The molecule has 2 amide bonds. The van der Waals surface area contributed by atoms with E-state index >= 15 is 0 Å². The van der Waals surface area contributed by atoms with E-state index in [0.717, 1.165) is 4.88 Å². The fraction of sp³-hybridized carbons (Fsp3) is 0.300. The number of carbonyl (C=O) groups excluding carboxylic acids is 2. The first-order valence-corrected chi connectivity index (χ1v) is 6.25. The number of hydrogen-bond donors (Lipinski definition) is 3. The maximum Gasteiger partial charge on any atom is 0.309 e. The van der Waals surface area contributed by atoms with E-state index in [4.69, 9.17) is 5.73 Å². The Morgan fingerprint density at radius 3 is 2.65 bits per heavy atom. The molecule has 0 spiro atoms. The Morgan fingerprint density at radius 2 is 2.06 bits per heavy atom. The zero-order valence-electron chi connectivity index (χ0n) is 9.06. The maximum absolute atomic E-state index is 11.3. The summed E-state index contributed by atoms with van der Waals surface area (Å²) in [5.41, 5.74) is 5.19. The minimum atomic E-state index is -0.719. The van der Waals surface area contributed by atoms with Gasteiger partial charge in [-0.25, -0.2) is 0 Å². The second-order valence-electron chi connectivity index (χ2n) is 3.23. The topological polar surface area (TPSA) is 84.2 Å². The zero-order valence-corrected chi connectivity index (χ0v) is 10.7. The van der Waals surface area contributed by atoms with Gasteiger partial charge in [-0.05, 0) is 17.9 Å². The quantitative estimate of drug-likeness (QED) is 0.512. The number of amides is 2. The molecule has 0 radical (unpaired) electrons. The number of thiocarbonyl (C=S) groups is 1. The van der Waals surface area contributed by atoms with E-state index in [1.807, 2.05) is 17.5 Å². The monoisotopic (exact) mass is 271 g/mol. The van der Waals surface area contributed by atoms with Crippen LogP contribution in [0.25, 0.3) is 0 Å². The van der Waals surface area contributed by atoms with E-state index in [9.17, 15) is 9.59 Å². The van der Waals surface area contributed by atoms with Gasteiger partial charge in [-0.15, -0.1) is 11.3 Å². The van der Waals surface area contributed by atoms with Gasteiger partial charge in [0.2, 0.25) is 0 Å². The molecule has 1 heterocycles. The highest BCUT2D eigenvalue weighted by molar-refractivity contribution is 7.80. The predicted molar refractivity (Wildman–Crippen MR) is 70.8 cm³/mol. The second kappa shape index (κ2) is 6.97. The van der Waals surface area contributed by atoms with Crippen molar-refractivity contribution in [2.24, 2.45) is 5.73 Å². The molecular weight excluding hydrogens is 258 g/mol. The van der Waals surface area contributed by atoms with Gasteiger partial charge in [-0.3, -0.25) is 9.59 Å². The molecule has 0 aliphatic carbocycles. The Labute approximate surface area is 108 Å². The summed E-state index contributed by atoms with van der Waals surface area (Å²) >= 11 is 6.19. The predicted octanol–water partition coefficient (Wildman–Crippen LogP) is -0.191. The van der Waals surface area contributed by atoms with Crippen LogP contribution in [-0.2, 0) is 16.0 Å². The van der Waals surface area contributed by atoms with Gasteiger partial charge in [0.15, 0.2) is 0 Å². The van der Waals surface area contributed by atoms with Gasteiger partial charge >= 0.3 is 11.8 Å². The number of rotatable bonds is 5. The normalized spacial score (nSPS) is 9.65. The van der Waals surface area contributed by atoms with Crippen molar-refractivity contribution in [2.75, 3.05) is 13.1 Å². The van der Waals surface area contributed by atoms with E-state index in [1.54, 1.807) is 11.3 Å². The van der Waals surface area contributed by atoms with Crippen molar-refractivity contribution in [1.29, 1.82) is 0 Å². The molecule has 1 aromatic rings. The standard InChI is InChI=1S/C10H13N3O2S2/c11-8(16)6-13-10(15)9(14)12-4-3-7-2-1-5-17-7/h1-2,5H,3-4,6H2,(H2,11,16)(H,12,14)(H,13,15). The highest BCUT2D eigenvalue weighted by Crippen LogP contribution is 2.07. The Bertz CT molecular complexity index is 404. The van der Waals surface area contributed by atoms with Gasteiger partial charge in [-0.1, -0.05) is 18.3 Å². The van der Waals surface area contributed by atoms with E-state index in [-0.39, 0.29) is 11.5 Å². The Balaban J connectivity index is 2.20. The molecule has 1 aromatic heterocycles. The summed E-state index contributed by atoms with van der Waals surface area (Å²) < 4.78 is 0. The van der Waals surface area contributed by atoms with Crippen LogP contribution in [0.2, 0.25) is 0 Å². The summed E-state index contributed by atoms with van der Waals surface area (Å²) in [6.07, 6.45) is 0.714. The average Bonchev–Trinajstić information content (AvgIpc) is 2.78. The highest BCUT2D eigenvalue weighted by Gasteiger charge is 2.12. The minimum absolute atomic E-state index is 0.0342. The SMILES string of the molecule is NC(=S)CNC(=O)C(=O)NCCc1cccs1. The van der Waals surface area contributed by atoms with Crippen molar-refractivity contribution in [3.8, 4) is 0 Å². The van der Waals surface area contributed by atoms with Gasteiger partial charge in [-0.2, -0.15) is 0 Å². The molecule has 92 valence electrons. The molecule has 0 unspecified atom stereocenters. The second-order valence-corrected chi connectivity index (χ2v) is 4.79. The van der Waals surface area contributed by atoms with Crippen LogP contribution >= 0.6 is 23.6 Å². The van der Waals surface area contributed by atoms with Crippen LogP contribution in [0.15, 0.2) is 17.5 Å². The third kappa shape index (κ3) is 5.41. The van der Waals surface area contributed by atoms with Gasteiger partial charge in [0.1, 0.15) is 0 Å². The molecule has 0 fully saturated rings. The molecule has 0 saturated carbocycles. The summed E-state index contributed by atoms with van der Waals surface area (Å²) in [7, 11) is 0. The largest absolute Gasteiger partial charge is 0.392 e. The van der Waals surface area contributed by atoms with E-state index < -0.39 is 11.8 Å². The fourth-order valence-corrected chi connectivity index (χ4v) is 1.86. The van der Waals surface area contributed by atoms with Gasteiger partial charge in [0.05, 0.1) is 11.5 Å². The van der Waals surface area contributed by atoms with Crippen molar-refractivity contribution >= 4 is 40.4 Å². The number of nitrogens with one attached hydrogen (secondary N) is 2. The van der Waals surface area contributed by atoms with Gasteiger partial charge in [0, 0.05) is 11.4 Å². The van der Waals surface area contributed by atoms with Crippen molar-refractivity contribution in [1.82, 2.24) is 10.6 Å². The van der Waals surface area contributed by atoms with Crippen molar-refractivity contribution < 1.29 is 9.59 Å². The van der Waals surface area contributed by atoms with Crippen LogP contribution in [0.1, 0.15) is 4.88 Å². The number of carbonyl (C=O) groups is 2. The fourth-order valence-electron chi connectivity index (χ4n) is 1.08. The lowest BCUT2D eigenvalue weighted by molar-refractivity contribution is -0.139. The summed E-state index contributed by atoms with van der Waals surface area (Å²) in [5.74, 6) is -1.39. The Morgan fingerprint density at radius 1 is 1.35 bits per heavy atom. The minimum Gasteiger partial charge on any atom is -0.392 e. The molecule has 0 bridgehead atoms. The van der Waals surface area contributed by atoms with Crippen LogP contribution in [-0.4, -0.2) is 29.9 Å². The molecule has 0 atom stereocenters. The maximum atomic E-state index is 11.3. The molecule has 17 heavy (non-hydrogen) atoms. The third-order valence-corrected chi connectivity index (χ3v) is 2.95. The van der Waals surface area contributed by atoms with E-state index in [1.165, 1.54) is 0 Å². The number of hydrogen-bond acceptors (Lipinski definition) is 4. The van der Waals surface area contributed by atoms with Crippen LogP contribution in [0, 0.1) is 0 Å². The van der Waals surface area contributed by atoms with Crippen LogP contribution < -0.4 is 16.4 Å². The van der Waals surface area contributed by atoms with Gasteiger partial charge in [0.25, 0.3) is 0 Å². The first-order valence-electron chi connectivity index (χ1n) is 4.96. The molecule has 0 saturated heterocycles. The summed E-state index contributed by atoms with van der Waals surface area (Å²) in [6, 6.07) is 3.92. The third-order valence-electron chi connectivity index (χ3n) is 1.87. The molecule has 1 rings (SSSR count). The first-order chi connectivity index (χ1) is 8.09.